The van der Waals surface area contributed by atoms with Gasteiger partial charge in [-0.3, -0.25) is 0 Å². The number of methoxy groups -OCH3 is 2. The van der Waals surface area contributed by atoms with Gasteiger partial charge in [0.1, 0.15) is 6.04 Å². The zero-order valence-electron chi connectivity index (χ0n) is 18.7. The van der Waals surface area contributed by atoms with Gasteiger partial charge in [0.05, 0.1) is 46.5 Å². The number of ether oxygens (including phenoxy) is 4. The Labute approximate surface area is 183 Å². The van der Waals surface area contributed by atoms with Gasteiger partial charge in [-0.15, -0.1) is 0 Å². The van der Waals surface area contributed by atoms with Gasteiger partial charge in [0.2, 0.25) is 12.5 Å². The molecule has 31 heavy (non-hydrogen) atoms. The molecule has 7 nitrogen and oxygen atoms in total. The molecule has 0 radical (unpaired) electrons. The van der Waals surface area contributed by atoms with E-state index in [1.807, 2.05) is 12.1 Å². The molecule has 4 rings (SSSR count). The van der Waals surface area contributed by atoms with Crippen molar-refractivity contribution in [2.45, 2.75) is 37.8 Å². The summed E-state index contributed by atoms with van der Waals surface area (Å²) in [5.74, 6) is 2.71. The average Bonchev–Trinajstić information content (AvgIpc) is 3.22. The highest BCUT2D eigenvalue weighted by Crippen LogP contribution is 2.51. The maximum absolute atomic E-state index is 11.0. The summed E-state index contributed by atoms with van der Waals surface area (Å²) < 4.78 is 23.1. The van der Waals surface area contributed by atoms with Gasteiger partial charge in [-0.1, -0.05) is 6.07 Å². The quantitative estimate of drug-likeness (QED) is 0.657. The lowest BCUT2D eigenvalue weighted by molar-refractivity contribution is -0.924. The largest absolute Gasteiger partial charge is 0.504 e. The fourth-order valence-electron chi connectivity index (χ4n) is 4.76. The van der Waals surface area contributed by atoms with Gasteiger partial charge in [0, 0.05) is 12.8 Å². The van der Waals surface area contributed by atoms with Crippen molar-refractivity contribution in [1.29, 1.82) is 0 Å². The van der Waals surface area contributed by atoms with Crippen LogP contribution in [0.5, 0.6) is 28.7 Å². The molecular formula is C24H32NO6+. The van der Waals surface area contributed by atoms with Crippen LogP contribution in [0.1, 0.15) is 35.6 Å². The number of fused-ring (bicyclic) bond motifs is 2. The lowest BCUT2D eigenvalue weighted by Gasteiger charge is -2.44. The van der Waals surface area contributed by atoms with Crippen LogP contribution in [0.3, 0.4) is 0 Å². The Kier molecular flexibility index (Phi) is 5.90. The highest BCUT2D eigenvalue weighted by atomic mass is 16.7. The standard InChI is InChI=1S/C24H31NO6/c1-25(2)10-9-16-12-21-23(31-14-30-21)24(29-4)22(16)18(25)13-17(26)7-5-15-6-8-19(27)20(11-15)28-3/h6,8,11-12,17-18,26H,5,7,9-10,13-14H2,1-4H3/p+1. The first-order valence-electron chi connectivity index (χ1n) is 10.7. The minimum Gasteiger partial charge on any atom is -0.504 e. The number of aliphatic hydroxyl groups excluding tert-OH is 1. The van der Waals surface area contributed by atoms with Gasteiger partial charge < -0.3 is 33.6 Å². The van der Waals surface area contributed by atoms with E-state index in [2.05, 4.69) is 20.2 Å². The van der Waals surface area contributed by atoms with E-state index in [9.17, 15) is 10.2 Å². The van der Waals surface area contributed by atoms with Crippen LogP contribution in [-0.4, -0.2) is 62.5 Å². The number of nitrogens with zero attached hydrogens (tertiary/aromatic N) is 1. The highest BCUT2D eigenvalue weighted by molar-refractivity contribution is 5.61. The van der Waals surface area contributed by atoms with Gasteiger partial charge in [-0.2, -0.15) is 0 Å². The van der Waals surface area contributed by atoms with Crippen LogP contribution in [0, 0.1) is 0 Å². The molecule has 2 aromatic rings. The summed E-state index contributed by atoms with van der Waals surface area (Å²) in [6, 6.07) is 7.47. The van der Waals surface area contributed by atoms with Gasteiger partial charge in [0.15, 0.2) is 23.0 Å². The van der Waals surface area contributed by atoms with E-state index in [-0.39, 0.29) is 18.6 Å². The molecule has 2 aromatic carbocycles. The predicted molar refractivity (Wildman–Crippen MR) is 116 cm³/mol. The van der Waals surface area contributed by atoms with E-state index < -0.39 is 6.10 Å². The van der Waals surface area contributed by atoms with Crippen molar-refractivity contribution >= 4 is 0 Å². The van der Waals surface area contributed by atoms with Crippen molar-refractivity contribution in [3.8, 4) is 28.7 Å². The van der Waals surface area contributed by atoms with Crippen LogP contribution in [0.2, 0.25) is 0 Å². The summed E-state index contributed by atoms with van der Waals surface area (Å²) in [4.78, 5) is 0. The third-order valence-corrected chi connectivity index (χ3v) is 6.59. The smallest absolute Gasteiger partial charge is 0.231 e. The Morgan fingerprint density at radius 2 is 1.97 bits per heavy atom. The Balaban J connectivity index is 1.55. The van der Waals surface area contributed by atoms with Crippen LogP contribution in [0.4, 0.5) is 0 Å². The summed E-state index contributed by atoms with van der Waals surface area (Å²) in [6.07, 6.45) is 2.37. The van der Waals surface area contributed by atoms with Crippen molar-refractivity contribution < 1.29 is 33.6 Å². The van der Waals surface area contributed by atoms with Crippen molar-refractivity contribution in [3.05, 3.63) is 41.0 Å². The van der Waals surface area contributed by atoms with Gasteiger partial charge in [-0.05, 0) is 42.2 Å². The van der Waals surface area contributed by atoms with Gasteiger partial charge in [0.25, 0.3) is 0 Å². The Hall–Kier alpha value is -2.64. The normalized spacial score (nSPS) is 19.6. The summed E-state index contributed by atoms with van der Waals surface area (Å²) in [5.41, 5.74) is 3.35. The molecule has 0 bridgehead atoms. The first-order chi connectivity index (χ1) is 14.8. The first kappa shape index (κ1) is 21.6. The molecule has 2 aliphatic rings. The summed E-state index contributed by atoms with van der Waals surface area (Å²) >= 11 is 0. The molecule has 2 heterocycles. The Bertz CT molecular complexity index is 958. The summed E-state index contributed by atoms with van der Waals surface area (Å²) in [7, 11) is 7.61. The monoisotopic (exact) mass is 430 g/mol. The molecule has 2 aliphatic heterocycles. The van der Waals surface area contributed by atoms with E-state index >= 15 is 0 Å². The zero-order valence-corrected chi connectivity index (χ0v) is 18.7. The predicted octanol–water partition coefficient (Wildman–Crippen LogP) is 3.20. The van der Waals surface area contributed by atoms with Crippen LogP contribution < -0.4 is 18.9 Å². The molecule has 0 amide bonds. The molecule has 2 unspecified atom stereocenters. The number of aliphatic hydroxyl groups is 1. The van der Waals surface area contributed by atoms with E-state index in [1.54, 1.807) is 13.2 Å². The van der Waals surface area contributed by atoms with E-state index in [0.29, 0.717) is 30.8 Å². The fourth-order valence-corrected chi connectivity index (χ4v) is 4.76. The number of aromatic hydroxyl groups is 1. The fraction of sp³-hybridized carbons (Fsp3) is 0.500. The lowest BCUT2D eigenvalue weighted by atomic mass is 9.85. The lowest BCUT2D eigenvalue weighted by Crippen LogP contribution is -2.49. The molecule has 0 saturated heterocycles. The highest BCUT2D eigenvalue weighted by Gasteiger charge is 2.42. The van der Waals surface area contributed by atoms with Gasteiger partial charge in [-0.25, -0.2) is 0 Å². The molecule has 168 valence electrons. The minimum atomic E-state index is -0.483. The maximum Gasteiger partial charge on any atom is 0.231 e. The third kappa shape index (κ3) is 4.12. The number of quaternary nitrogens is 1. The molecule has 0 aliphatic carbocycles. The van der Waals surface area contributed by atoms with Crippen molar-refractivity contribution in [3.63, 3.8) is 0 Å². The van der Waals surface area contributed by atoms with Crippen LogP contribution >= 0.6 is 0 Å². The van der Waals surface area contributed by atoms with Crippen LogP contribution in [0.25, 0.3) is 0 Å². The molecule has 0 fully saturated rings. The SMILES string of the molecule is COc1cc(CCC(O)CC2c3c(cc4c(c3OC)OCO4)CC[N+]2(C)C)ccc1O. The third-order valence-electron chi connectivity index (χ3n) is 6.59. The van der Waals surface area contributed by atoms with Crippen LogP contribution in [-0.2, 0) is 12.8 Å². The van der Waals surface area contributed by atoms with E-state index in [4.69, 9.17) is 18.9 Å². The molecular weight excluding hydrogens is 398 g/mol. The Morgan fingerprint density at radius 3 is 2.71 bits per heavy atom. The molecule has 0 aromatic heterocycles. The second-order valence-corrected chi connectivity index (χ2v) is 8.92. The number of likely N-dealkylation sites (N-methyl/N-ethyl adjacent to an activating group) is 1. The summed E-state index contributed by atoms with van der Waals surface area (Å²) in [5, 5.41) is 20.8. The second-order valence-electron chi connectivity index (χ2n) is 8.92. The van der Waals surface area contributed by atoms with Crippen molar-refractivity contribution in [2.24, 2.45) is 0 Å². The number of rotatable bonds is 7. The number of aryl methyl sites for hydroxylation is 1. The molecule has 2 N–H and O–H groups in total. The molecule has 0 spiro atoms. The topological polar surface area (TPSA) is 77.4 Å². The van der Waals surface area contributed by atoms with Gasteiger partial charge >= 0.3 is 0 Å². The van der Waals surface area contributed by atoms with Crippen molar-refractivity contribution in [2.75, 3.05) is 41.7 Å². The average molecular weight is 431 g/mol. The Morgan fingerprint density at radius 1 is 1.16 bits per heavy atom. The number of phenols is 1. The minimum absolute atomic E-state index is 0.0811. The molecule has 0 saturated carbocycles. The zero-order chi connectivity index (χ0) is 22.2. The maximum atomic E-state index is 11.0. The van der Waals surface area contributed by atoms with Crippen molar-refractivity contribution in [1.82, 2.24) is 0 Å². The number of phenolic OH excluding ortho intramolecular Hbond substituents is 1. The molecule has 2 atom stereocenters. The number of benzene rings is 2. The first-order valence-corrected chi connectivity index (χ1v) is 10.7. The van der Waals surface area contributed by atoms with E-state index in [0.717, 1.165) is 40.1 Å². The number of hydrogen-bond donors (Lipinski definition) is 2. The van der Waals surface area contributed by atoms with E-state index in [1.165, 1.54) is 12.7 Å². The van der Waals surface area contributed by atoms with Crippen LogP contribution in [0.15, 0.2) is 24.3 Å². The molecule has 7 heteroatoms. The second kappa shape index (κ2) is 8.48. The summed E-state index contributed by atoms with van der Waals surface area (Å²) in [6.45, 7) is 1.18. The number of hydrogen-bond acceptors (Lipinski definition) is 6.